The molecule has 9 heteroatoms. The maximum atomic E-state index is 13.4. The maximum Gasteiger partial charge on any atom is 0.261 e. The van der Waals surface area contributed by atoms with Crippen molar-refractivity contribution in [2.75, 3.05) is 59.9 Å². The van der Waals surface area contributed by atoms with Crippen molar-refractivity contribution in [2.24, 2.45) is 11.8 Å². The molecule has 0 aromatic carbocycles. The van der Waals surface area contributed by atoms with Crippen molar-refractivity contribution in [3.63, 3.8) is 0 Å². The van der Waals surface area contributed by atoms with Crippen LogP contribution < -0.4 is 15.5 Å². The molecule has 2 aliphatic carbocycles. The van der Waals surface area contributed by atoms with Crippen LogP contribution in [0.2, 0.25) is 0 Å². The van der Waals surface area contributed by atoms with Crippen molar-refractivity contribution < 1.29 is 34.7 Å². The lowest BCUT2D eigenvalue weighted by molar-refractivity contribution is -0.880. The third-order valence-electron chi connectivity index (χ3n) is 7.98. The second-order valence-corrected chi connectivity index (χ2v) is 10.7. The number of quaternary nitrogens is 3. The minimum Gasteiger partial charge on any atom is -0.357 e. The van der Waals surface area contributed by atoms with Gasteiger partial charge in [-0.2, -0.15) is 0 Å². The highest BCUT2D eigenvalue weighted by Crippen LogP contribution is 2.46. The first-order valence-corrected chi connectivity index (χ1v) is 13.8. The van der Waals surface area contributed by atoms with Crippen molar-refractivity contribution in [2.45, 2.75) is 32.6 Å². The summed E-state index contributed by atoms with van der Waals surface area (Å²) in [4.78, 5) is 59.0. The average molecular weight is 513 g/mol. The number of amides is 4. The lowest BCUT2D eigenvalue weighted by Crippen LogP contribution is -3.10. The van der Waals surface area contributed by atoms with E-state index in [1.54, 1.807) is 24.3 Å². The molecule has 4 amide bonds. The highest BCUT2D eigenvalue weighted by Gasteiger charge is 2.50. The summed E-state index contributed by atoms with van der Waals surface area (Å²) in [7, 11) is 4.19. The number of rotatable bonds is 13. The molecule has 9 nitrogen and oxygen atoms in total. The Morgan fingerprint density at radius 3 is 1.76 bits per heavy atom. The van der Waals surface area contributed by atoms with Crippen LogP contribution in [0.4, 0.5) is 0 Å². The third-order valence-corrected chi connectivity index (χ3v) is 7.98. The Morgan fingerprint density at radius 1 is 0.730 bits per heavy atom. The van der Waals surface area contributed by atoms with Gasteiger partial charge in [-0.15, -0.1) is 0 Å². The Morgan fingerprint density at radius 2 is 1.22 bits per heavy atom. The highest BCUT2D eigenvalue weighted by molar-refractivity contribution is 6.18. The monoisotopic (exact) mass is 512 g/mol. The van der Waals surface area contributed by atoms with Gasteiger partial charge in [-0.3, -0.25) is 29.0 Å². The van der Waals surface area contributed by atoms with E-state index in [2.05, 4.69) is 26.8 Å². The van der Waals surface area contributed by atoms with Gasteiger partial charge < -0.3 is 15.5 Å². The van der Waals surface area contributed by atoms with E-state index < -0.39 is 11.8 Å². The molecule has 4 rings (SSSR count). The summed E-state index contributed by atoms with van der Waals surface area (Å²) >= 11 is 0. The number of unbranched alkanes of at least 4 members (excludes halogenated alkanes) is 1. The van der Waals surface area contributed by atoms with E-state index in [0.717, 1.165) is 51.9 Å². The van der Waals surface area contributed by atoms with Crippen molar-refractivity contribution in [3.8, 4) is 0 Å². The van der Waals surface area contributed by atoms with Crippen LogP contribution in [0.5, 0.6) is 0 Å². The summed E-state index contributed by atoms with van der Waals surface area (Å²) in [5, 5.41) is 0. The summed E-state index contributed by atoms with van der Waals surface area (Å²) in [6, 6.07) is 0. The van der Waals surface area contributed by atoms with Gasteiger partial charge in [0, 0.05) is 30.5 Å². The van der Waals surface area contributed by atoms with E-state index in [0.29, 0.717) is 41.9 Å². The van der Waals surface area contributed by atoms with Gasteiger partial charge in [0.2, 0.25) is 11.8 Å². The van der Waals surface area contributed by atoms with Gasteiger partial charge in [-0.1, -0.05) is 37.6 Å². The summed E-state index contributed by atoms with van der Waals surface area (Å²) in [6.45, 7) is 7.31. The predicted octanol–water partition coefficient (Wildman–Crippen LogP) is -2.46. The minimum absolute atomic E-state index is 0.259. The molecule has 200 valence electrons. The Hall–Kier alpha value is -2.88. The summed E-state index contributed by atoms with van der Waals surface area (Å²) < 4.78 is 0. The molecule has 0 aromatic heterocycles. The molecule has 4 atom stereocenters. The van der Waals surface area contributed by atoms with Gasteiger partial charge >= 0.3 is 0 Å². The number of imide groups is 2. The number of carbonyl (C=O) groups is 4. The molecule has 37 heavy (non-hydrogen) atoms. The van der Waals surface area contributed by atoms with Gasteiger partial charge in [0.25, 0.3) is 11.8 Å². The van der Waals surface area contributed by atoms with Crippen molar-refractivity contribution >= 4 is 23.6 Å². The first kappa shape index (κ1) is 27.2. The summed E-state index contributed by atoms with van der Waals surface area (Å²) in [6.07, 6.45) is 10.9. The van der Waals surface area contributed by atoms with Crippen molar-refractivity contribution in [1.82, 2.24) is 9.80 Å². The van der Waals surface area contributed by atoms with E-state index in [1.807, 2.05) is 0 Å². The molecule has 4 unspecified atom stereocenters. The van der Waals surface area contributed by atoms with Crippen LogP contribution in [0.25, 0.3) is 0 Å². The molecule has 0 fully saturated rings. The van der Waals surface area contributed by atoms with Crippen LogP contribution in [0.3, 0.4) is 0 Å². The summed E-state index contributed by atoms with van der Waals surface area (Å²) in [5.74, 6) is -2.46. The van der Waals surface area contributed by atoms with Crippen LogP contribution in [0.15, 0.2) is 46.6 Å². The molecular weight excluding hydrogens is 470 g/mol. The second kappa shape index (κ2) is 11.7. The SMILES string of the molecule is CCCC[NH+](C)CCCN1C(=O)C2=C3C4=C(C=CC3C1=O)C(=O)N(CC[NH+](C)CCC[NH3+])C(=O)C4C=C2. The molecule has 0 spiro atoms. The fourth-order valence-corrected chi connectivity index (χ4v) is 5.75. The topological polar surface area (TPSA) is 111 Å². The van der Waals surface area contributed by atoms with Gasteiger partial charge in [-0.05, 0) is 17.6 Å². The second-order valence-electron chi connectivity index (χ2n) is 10.7. The van der Waals surface area contributed by atoms with E-state index >= 15 is 0 Å². The van der Waals surface area contributed by atoms with Crippen LogP contribution in [0.1, 0.15) is 32.6 Å². The Labute approximate surface area is 219 Å². The molecule has 2 aliphatic heterocycles. The maximum absolute atomic E-state index is 13.4. The fraction of sp³-hybridized carbons (Fsp3) is 0.571. The summed E-state index contributed by atoms with van der Waals surface area (Å²) in [5.41, 5.74) is 5.86. The quantitative estimate of drug-likeness (QED) is 0.238. The van der Waals surface area contributed by atoms with Crippen LogP contribution in [0, 0.1) is 11.8 Å². The number of hydrogen-bond donors (Lipinski definition) is 3. The van der Waals surface area contributed by atoms with Crippen LogP contribution >= 0.6 is 0 Å². The fourth-order valence-electron chi connectivity index (χ4n) is 5.75. The van der Waals surface area contributed by atoms with E-state index in [-0.39, 0.29) is 23.6 Å². The Balaban J connectivity index is 1.53. The first-order chi connectivity index (χ1) is 17.8. The normalized spacial score (nSPS) is 24.3. The molecule has 5 N–H and O–H groups in total. The van der Waals surface area contributed by atoms with Crippen molar-refractivity contribution in [1.29, 1.82) is 0 Å². The zero-order valence-electron chi connectivity index (χ0n) is 22.5. The van der Waals surface area contributed by atoms with Crippen LogP contribution in [-0.2, 0) is 19.2 Å². The first-order valence-electron chi connectivity index (χ1n) is 13.8. The Kier molecular flexibility index (Phi) is 8.56. The number of hydrogen-bond acceptors (Lipinski definition) is 4. The number of carbonyl (C=O) groups excluding carboxylic acids is 4. The molecule has 0 saturated heterocycles. The van der Waals surface area contributed by atoms with Crippen LogP contribution in [-0.4, -0.2) is 93.3 Å². The van der Waals surface area contributed by atoms with Gasteiger partial charge in [0.15, 0.2) is 0 Å². The molecule has 4 aliphatic rings. The zero-order chi connectivity index (χ0) is 26.7. The molecule has 0 bridgehead atoms. The van der Waals surface area contributed by atoms with Gasteiger partial charge in [0.05, 0.1) is 65.2 Å². The lowest BCUT2D eigenvalue weighted by Gasteiger charge is -2.42. The van der Waals surface area contributed by atoms with E-state index in [9.17, 15) is 19.2 Å². The van der Waals surface area contributed by atoms with Gasteiger partial charge in [-0.25, -0.2) is 0 Å². The number of nitrogens with zero attached hydrogens (tertiary/aromatic N) is 2. The van der Waals surface area contributed by atoms with Crippen molar-refractivity contribution in [3.05, 3.63) is 46.6 Å². The predicted molar refractivity (Wildman–Crippen MR) is 138 cm³/mol. The highest BCUT2D eigenvalue weighted by atomic mass is 16.2. The largest absolute Gasteiger partial charge is 0.357 e. The Bertz CT molecular complexity index is 1090. The van der Waals surface area contributed by atoms with Gasteiger partial charge in [0.1, 0.15) is 0 Å². The molecule has 0 aromatic rings. The average Bonchev–Trinajstić information content (AvgIpc) is 2.89. The molecular formula is C28H42N5O4+3. The number of likely N-dealkylation sites (N-methyl/N-ethyl adjacent to an activating group) is 1. The third kappa shape index (κ3) is 5.26. The molecule has 2 heterocycles. The minimum atomic E-state index is -0.637. The zero-order valence-corrected chi connectivity index (χ0v) is 22.5. The molecule has 0 radical (unpaired) electrons. The molecule has 0 saturated carbocycles. The lowest BCUT2D eigenvalue weighted by atomic mass is 9.69. The van der Waals surface area contributed by atoms with E-state index in [4.69, 9.17) is 0 Å². The number of nitrogens with one attached hydrogen (secondary N) is 2. The smallest absolute Gasteiger partial charge is 0.261 e. The van der Waals surface area contributed by atoms with E-state index in [1.165, 1.54) is 19.6 Å². The standard InChI is InChI=1S/C28H39N5O4/c1-4-5-13-30(2)15-7-16-32-25(34)19-8-10-21-24-22(11-9-20(23(19)24)26(32)35)28(37)33(27(21)36)18-17-31(3)14-6-12-29/h8-11,19,22H,4-7,12-18,29H2,1-3H3/p+3.